The highest BCUT2D eigenvalue weighted by atomic mass is 19.4. The van der Waals surface area contributed by atoms with Gasteiger partial charge in [0.2, 0.25) is 11.8 Å². The molecule has 4 aromatic rings. The van der Waals surface area contributed by atoms with E-state index >= 15 is 0 Å². The first-order valence-electron chi connectivity index (χ1n) is 10.1. The number of halogens is 3. The molecule has 34 heavy (non-hydrogen) atoms. The highest BCUT2D eigenvalue weighted by Crippen LogP contribution is 2.32. The third-order valence-electron chi connectivity index (χ3n) is 4.71. The number of ether oxygens (including phenoxy) is 1. The molecule has 0 aliphatic heterocycles. The predicted molar refractivity (Wildman–Crippen MR) is 121 cm³/mol. The zero-order chi connectivity index (χ0) is 24.1. The Bertz CT molecular complexity index is 1310. The van der Waals surface area contributed by atoms with E-state index in [2.05, 4.69) is 25.6 Å². The van der Waals surface area contributed by atoms with Crippen LogP contribution in [0.1, 0.15) is 15.9 Å². The van der Waals surface area contributed by atoms with Gasteiger partial charge in [-0.25, -0.2) is 15.0 Å². The van der Waals surface area contributed by atoms with Gasteiger partial charge in [0.1, 0.15) is 5.75 Å². The van der Waals surface area contributed by atoms with Crippen molar-refractivity contribution < 1.29 is 22.7 Å². The van der Waals surface area contributed by atoms with Crippen molar-refractivity contribution in [3.05, 3.63) is 90.3 Å². The van der Waals surface area contributed by atoms with Crippen molar-refractivity contribution in [2.45, 2.75) is 6.18 Å². The summed E-state index contributed by atoms with van der Waals surface area (Å²) in [6, 6.07) is 15.9. The zero-order valence-electron chi connectivity index (χ0n) is 17.8. The van der Waals surface area contributed by atoms with Gasteiger partial charge in [0.05, 0.1) is 16.8 Å². The summed E-state index contributed by atoms with van der Waals surface area (Å²) in [6.45, 7) is 0. The first-order valence-corrected chi connectivity index (χ1v) is 10.1. The first-order chi connectivity index (χ1) is 16.3. The smallest absolute Gasteiger partial charge is 0.416 e. The van der Waals surface area contributed by atoms with Crippen molar-refractivity contribution in [2.24, 2.45) is 0 Å². The van der Waals surface area contributed by atoms with E-state index in [1.165, 1.54) is 12.1 Å². The minimum Gasteiger partial charge on any atom is -0.438 e. The Morgan fingerprint density at radius 3 is 2.47 bits per heavy atom. The van der Waals surface area contributed by atoms with Crippen molar-refractivity contribution in [1.82, 2.24) is 15.0 Å². The maximum atomic E-state index is 12.9. The fourth-order valence-electron chi connectivity index (χ4n) is 3.05. The Kier molecular flexibility index (Phi) is 6.39. The molecule has 10 heteroatoms. The molecule has 0 saturated carbocycles. The second-order valence-corrected chi connectivity index (χ2v) is 7.03. The molecule has 0 atom stereocenters. The van der Waals surface area contributed by atoms with Crippen LogP contribution in [-0.4, -0.2) is 27.9 Å². The largest absolute Gasteiger partial charge is 0.438 e. The number of aromatic nitrogens is 3. The number of benzene rings is 2. The lowest BCUT2D eigenvalue weighted by Crippen LogP contribution is -2.13. The van der Waals surface area contributed by atoms with Gasteiger partial charge in [-0.15, -0.1) is 0 Å². The van der Waals surface area contributed by atoms with Crippen molar-refractivity contribution in [3.8, 4) is 22.9 Å². The maximum absolute atomic E-state index is 12.9. The zero-order valence-corrected chi connectivity index (χ0v) is 17.8. The number of alkyl halides is 3. The van der Waals surface area contributed by atoms with Gasteiger partial charge in [0.25, 0.3) is 5.91 Å². The lowest BCUT2D eigenvalue weighted by atomic mass is 10.1. The molecule has 2 aromatic carbocycles. The van der Waals surface area contributed by atoms with E-state index in [0.29, 0.717) is 34.5 Å². The number of rotatable bonds is 6. The quantitative estimate of drug-likeness (QED) is 0.383. The van der Waals surface area contributed by atoms with E-state index in [4.69, 9.17) is 4.74 Å². The normalized spacial score (nSPS) is 11.1. The number of hydrogen-bond acceptors (Lipinski definition) is 6. The average molecular weight is 465 g/mol. The summed E-state index contributed by atoms with van der Waals surface area (Å²) < 4.78 is 44.6. The van der Waals surface area contributed by atoms with Gasteiger partial charge in [0, 0.05) is 30.7 Å². The summed E-state index contributed by atoms with van der Waals surface area (Å²) in [5, 5.41) is 5.45. The number of pyridine rings is 1. The van der Waals surface area contributed by atoms with Gasteiger partial charge < -0.3 is 15.4 Å². The van der Waals surface area contributed by atoms with Crippen molar-refractivity contribution >= 4 is 17.5 Å². The molecule has 2 aromatic heterocycles. The molecule has 0 unspecified atom stereocenters. The molecule has 0 radical (unpaired) electrons. The van der Waals surface area contributed by atoms with E-state index in [1.54, 1.807) is 55.8 Å². The van der Waals surface area contributed by atoms with Gasteiger partial charge in [0.15, 0.2) is 0 Å². The lowest BCUT2D eigenvalue weighted by Gasteiger charge is -2.11. The van der Waals surface area contributed by atoms with Gasteiger partial charge in [-0.1, -0.05) is 6.07 Å². The number of carbonyl (C=O) groups is 1. The second-order valence-electron chi connectivity index (χ2n) is 7.03. The van der Waals surface area contributed by atoms with Crippen molar-refractivity contribution in [2.75, 3.05) is 17.7 Å². The lowest BCUT2D eigenvalue weighted by molar-refractivity contribution is -0.137. The van der Waals surface area contributed by atoms with E-state index in [0.717, 1.165) is 12.1 Å². The molecule has 2 heterocycles. The third kappa shape index (κ3) is 5.29. The molecule has 0 bridgehead atoms. The topological polar surface area (TPSA) is 89.0 Å². The second kappa shape index (κ2) is 9.57. The Morgan fingerprint density at radius 1 is 0.941 bits per heavy atom. The standard InChI is InChI=1S/C24H18F3N5O2/c1-28-23-30-13-11-20(32-23)19-6-3-12-29-22(19)34-18-9-7-17(8-10-18)31-21(33)15-4-2-5-16(14-15)24(25,26)27/h2-14H,1H3,(H,31,33)(H,28,30,32). The van der Waals surface area contributed by atoms with Crippen LogP contribution in [0.2, 0.25) is 0 Å². The summed E-state index contributed by atoms with van der Waals surface area (Å²) in [4.78, 5) is 25.2. The molecule has 7 nitrogen and oxygen atoms in total. The van der Waals surface area contributed by atoms with Crippen LogP contribution in [0.25, 0.3) is 11.3 Å². The molecule has 0 spiro atoms. The minimum absolute atomic E-state index is 0.0981. The molecule has 2 N–H and O–H groups in total. The van der Waals surface area contributed by atoms with E-state index in [9.17, 15) is 18.0 Å². The molecular formula is C24H18F3N5O2. The Balaban J connectivity index is 1.49. The van der Waals surface area contributed by atoms with Crippen LogP contribution in [0.15, 0.2) is 79.1 Å². The summed E-state index contributed by atoms with van der Waals surface area (Å²) in [5.74, 6) is 0.563. The molecular weight excluding hydrogens is 447 g/mol. The van der Waals surface area contributed by atoms with Crippen LogP contribution in [0, 0.1) is 0 Å². The molecule has 0 aliphatic carbocycles. The van der Waals surface area contributed by atoms with Crippen LogP contribution in [0.3, 0.4) is 0 Å². The fraction of sp³-hybridized carbons (Fsp3) is 0.0833. The number of hydrogen-bond donors (Lipinski definition) is 2. The minimum atomic E-state index is -4.53. The van der Waals surface area contributed by atoms with E-state index in [1.807, 2.05) is 6.07 Å². The Morgan fingerprint density at radius 2 is 1.74 bits per heavy atom. The molecule has 4 rings (SSSR count). The summed E-state index contributed by atoms with van der Waals surface area (Å²) >= 11 is 0. The van der Waals surface area contributed by atoms with Crippen LogP contribution >= 0.6 is 0 Å². The Hall–Kier alpha value is -4.47. The average Bonchev–Trinajstić information content (AvgIpc) is 2.85. The Labute approximate surface area is 192 Å². The van der Waals surface area contributed by atoms with Crippen LogP contribution in [-0.2, 0) is 6.18 Å². The monoisotopic (exact) mass is 465 g/mol. The molecule has 1 amide bonds. The number of carbonyl (C=O) groups excluding carboxylic acids is 1. The molecule has 172 valence electrons. The van der Waals surface area contributed by atoms with Gasteiger partial charge in [-0.05, 0) is 60.7 Å². The van der Waals surface area contributed by atoms with Gasteiger partial charge >= 0.3 is 6.18 Å². The van der Waals surface area contributed by atoms with Crippen LogP contribution in [0.4, 0.5) is 24.8 Å². The first kappa shape index (κ1) is 22.7. The fourth-order valence-corrected chi connectivity index (χ4v) is 3.05. The summed E-state index contributed by atoms with van der Waals surface area (Å²) in [5.41, 5.74) is 0.681. The molecule has 0 fully saturated rings. The van der Waals surface area contributed by atoms with Crippen LogP contribution in [0.5, 0.6) is 11.6 Å². The maximum Gasteiger partial charge on any atom is 0.416 e. The van der Waals surface area contributed by atoms with Crippen molar-refractivity contribution in [1.29, 1.82) is 0 Å². The number of nitrogens with zero attached hydrogens (tertiary/aromatic N) is 3. The van der Waals surface area contributed by atoms with E-state index < -0.39 is 17.6 Å². The number of anilines is 2. The van der Waals surface area contributed by atoms with Crippen molar-refractivity contribution in [3.63, 3.8) is 0 Å². The molecule has 0 saturated heterocycles. The molecule has 0 aliphatic rings. The van der Waals surface area contributed by atoms with Gasteiger partial charge in [-0.3, -0.25) is 4.79 Å². The predicted octanol–water partition coefficient (Wildman–Crippen LogP) is 5.64. The third-order valence-corrected chi connectivity index (χ3v) is 4.71. The number of nitrogens with one attached hydrogen (secondary N) is 2. The highest BCUT2D eigenvalue weighted by molar-refractivity contribution is 6.04. The highest BCUT2D eigenvalue weighted by Gasteiger charge is 2.30. The number of amides is 1. The summed E-state index contributed by atoms with van der Waals surface area (Å²) in [6.07, 6.45) is -1.32. The summed E-state index contributed by atoms with van der Waals surface area (Å²) in [7, 11) is 1.72. The SMILES string of the molecule is CNc1nccc(-c2cccnc2Oc2ccc(NC(=O)c3cccc(C(F)(F)F)c3)cc2)n1. The van der Waals surface area contributed by atoms with Crippen LogP contribution < -0.4 is 15.4 Å². The van der Waals surface area contributed by atoms with Gasteiger partial charge in [-0.2, -0.15) is 13.2 Å². The van der Waals surface area contributed by atoms with E-state index in [-0.39, 0.29) is 5.56 Å².